The second-order valence-corrected chi connectivity index (χ2v) is 7.73. The number of anilines is 1. The molecule has 0 unspecified atom stereocenters. The highest BCUT2D eigenvalue weighted by atomic mass is 16.5. The predicted octanol–water partition coefficient (Wildman–Crippen LogP) is 3.63. The van der Waals surface area contributed by atoms with E-state index < -0.39 is 0 Å². The van der Waals surface area contributed by atoms with E-state index in [0.717, 1.165) is 31.5 Å². The smallest absolute Gasteiger partial charge is 0.321 e. The van der Waals surface area contributed by atoms with Crippen LogP contribution in [0.3, 0.4) is 0 Å². The molecule has 2 aliphatic heterocycles. The van der Waals surface area contributed by atoms with Crippen LogP contribution in [-0.4, -0.2) is 66.1 Å². The van der Waals surface area contributed by atoms with Crippen LogP contribution in [0.25, 0.3) is 0 Å². The maximum absolute atomic E-state index is 12.9. The zero-order chi connectivity index (χ0) is 20.9. The van der Waals surface area contributed by atoms with Gasteiger partial charge in [0.25, 0.3) is 0 Å². The molecule has 30 heavy (non-hydrogen) atoms. The molecule has 0 aliphatic carbocycles. The van der Waals surface area contributed by atoms with Crippen molar-refractivity contribution in [2.45, 2.75) is 25.4 Å². The van der Waals surface area contributed by atoms with Crippen LogP contribution in [0.2, 0.25) is 0 Å². The number of urea groups is 2. The normalized spacial score (nSPS) is 17.4. The fourth-order valence-corrected chi connectivity index (χ4v) is 4.21. The van der Waals surface area contributed by atoms with E-state index in [1.54, 1.807) is 7.11 Å². The number of nitrogens with one attached hydrogen (secondary N) is 1. The topological polar surface area (TPSA) is 65.1 Å². The van der Waals surface area contributed by atoms with Crippen LogP contribution in [0.15, 0.2) is 54.6 Å². The molecule has 1 N–H and O–H groups in total. The Morgan fingerprint density at radius 1 is 1.00 bits per heavy atom. The number of hydrogen-bond donors (Lipinski definition) is 1. The molecule has 0 radical (unpaired) electrons. The Balaban J connectivity index is 1.29. The third kappa shape index (κ3) is 4.35. The zero-order valence-corrected chi connectivity index (χ0v) is 17.3. The summed E-state index contributed by atoms with van der Waals surface area (Å²) in [4.78, 5) is 31.2. The number of hydrogen-bond acceptors (Lipinski definition) is 3. The van der Waals surface area contributed by atoms with Crippen LogP contribution in [0.4, 0.5) is 15.3 Å². The summed E-state index contributed by atoms with van der Waals surface area (Å²) in [7, 11) is 1.59. The van der Waals surface area contributed by atoms with Crippen LogP contribution in [0.5, 0.6) is 5.75 Å². The van der Waals surface area contributed by atoms with Gasteiger partial charge >= 0.3 is 12.1 Å². The lowest BCUT2D eigenvalue weighted by molar-refractivity contribution is 0.139. The van der Waals surface area contributed by atoms with Crippen molar-refractivity contribution in [2.24, 2.45) is 0 Å². The number of ether oxygens (including phenoxy) is 1. The van der Waals surface area contributed by atoms with Crippen LogP contribution >= 0.6 is 0 Å². The van der Waals surface area contributed by atoms with E-state index in [1.165, 1.54) is 0 Å². The summed E-state index contributed by atoms with van der Waals surface area (Å²) in [6.07, 6.45) is 1.59. The summed E-state index contributed by atoms with van der Waals surface area (Å²) in [6.45, 7) is 3.42. The van der Waals surface area contributed by atoms with Crippen molar-refractivity contribution in [1.29, 1.82) is 0 Å². The maximum atomic E-state index is 12.9. The number of likely N-dealkylation sites (tertiary alicyclic amines) is 1. The van der Waals surface area contributed by atoms with E-state index >= 15 is 0 Å². The first-order valence-corrected chi connectivity index (χ1v) is 10.4. The molecular formula is C23H28N4O3. The third-order valence-electron chi connectivity index (χ3n) is 5.88. The highest BCUT2D eigenvalue weighted by molar-refractivity contribution is 5.91. The molecule has 158 valence electrons. The summed E-state index contributed by atoms with van der Waals surface area (Å²) in [6, 6.07) is 17.6. The lowest BCUT2D eigenvalue weighted by Gasteiger charge is -2.36. The standard InChI is InChI=1S/C23H28N4O3/c1-30-21-10-6-5-9-20(21)24-22(28)25-13-11-19(12-14-25)27-16-15-26(23(27)29)17-18-7-3-2-4-8-18/h2-10,19H,11-17H2,1H3,(H,24,28). The summed E-state index contributed by atoms with van der Waals surface area (Å²) in [5, 5.41) is 2.93. The Bertz CT molecular complexity index is 881. The number of piperidine rings is 1. The quantitative estimate of drug-likeness (QED) is 0.822. The highest BCUT2D eigenvalue weighted by Crippen LogP contribution is 2.26. The van der Waals surface area contributed by atoms with Gasteiger partial charge in [-0.1, -0.05) is 42.5 Å². The lowest BCUT2D eigenvalue weighted by atomic mass is 10.0. The molecule has 0 atom stereocenters. The Morgan fingerprint density at radius 3 is 2.43 bits per heavy atom. The second-order valence-electron chi connectivity index (χ2n) is 7.73. The molecule has 0 spiro atoms. The van der Waals surface area contributed by atoms with E-state index in [1.807, 2.05) is 57.2 Å². The molecule has 4 amide bonds. The summed E-state index contributed by atoms with van der Waals surface area (Å²) in [5.74, 6) is 0.641. The van der Waals surface area contributed by atoms with Gasteiger partial charge in [-0.3, -0.25) is 0 Å². The largest absolute Gasteiger partial charge is 0.495 e. The van der Waals surface area contributed by atoms with Crippen molar-refractivity contribution in [1.82, 2.24) is 14.7 Å². The van der Waals surface area contributed by atoms with Crippen LogP contribution < -0.4 is 10.1 Å². The first-order chi connectivity index (χ1) is 14.7. The predicted molar refractivity (Wildman–Crippen MR) is 116 cm³/mol. The zero-order valence-electron chi connectivity index (χ0n) is 17.3. The second kappa shape index (κ2) is 9.07. The number of rotatable bonds is 5. The van der Waals surface area contributed by atoms with E-state index in [0.29, 0.717) is 31.1 Å². The van der Waals surface area contributed by atoms with E-state index in [-0.39, 0.29) is 18.1 Å². The molecule has 7 heteroatoms. The van der Waals surface area contributed by atoms with Gasteiger partial charge in [0.1, 0.15) is 5.75 Å². The van der Waals surface area contributed by atoms with Crippen LogP contribution in [-0.2, 0) is 6.54 Å². The van der Waals surface area contributed by atoms with Gasteiger partial charge < -0.3 is 24.8 Å². The minimum Gasteiger partial charge on any atom is -0.495 e. The van der Waals surface area contributed by atoms with E-state index in [9.17, 15) is 9.59 Å². The number of para-hydroxylation sites is 2. The Hall–Kier alpha value is -3.22. The van der Waals surface area contributed by atoms with E-state index in [4.69, 9.17) is 4.74 Å². The molecule has 0 aromatic heterocycles. The highest BCUT2D eigenvalue weighted by Gasteiger charge is 2.36. The first-order valence-electron chi connectivity index (χ1n) is 10.4. The fourth-order valence-electron chi connectivity index (χ4n) is 4.21. The molecule has 0 saturated carbocycles. The van der Waals surface area contributed by atoms with Crippen molar-refractivity contribution < 1.29 is 14.3 Å². The average molecular weight is 409 g/mol. The Kier molecular flexibility index (Phi) is 6.07. The van der Waals surface area contributed by atoms with Crippen LogP contribution in [0.1, 0.15) is 18.4 Å². The molecule has 2 aliphatic rings. The van der Waals surface area contributed by atoms with Crippen molar-refractivity contribution >= 4 is 17.7 Å². The molecular weight excluding hydrogens is 380 g/mol. The van der Waals surface area contributed by atoms with Crippen molar-refractivity contribution in [2.75, 3.05) is 38.6 Å². The van der Waals surface area contributed by atoms with Gasteiger partial charge in [-0.25, -0.2) is 9.59 Å². The summed E-state index contributed by atoms with van der Waals surface area (Å²) in [5.41, 5.74) is 1.81. The van der Waals surface area contributed by atoms with Gasteiger partial charge in [-0.2, -0.15) is 0 Å². The number of methoxy groups -OCH3 is 1. The number of carbonyl (C=O) groups is 2. The maximum Gasteiger partial charge on any atom is 0.321 e. The molecule has 2 aromatic rings. The van der Waals surface area contributed by atoms with E-state index in [2.05, 4.69) is 17.4 Å². The van der Waals surface area contributed by atoms with Gasteiger partial charge in [-0.05, 0) is 30.5 Å². The van der Waals surface area contributed by atoms with Crippen LogP contribution in [0, 0.1) is 0 Å². The summed E-state index contributed by atoms with van der Waals surface area (Å²) >= 11 is 0. The monoisotopic (exact) mass is 408 g/mol. The third-order valence-corrected chi connectivity index (χ3v) is 5.88. The Labute approximate surface area is 177 Å². The van der Waals surface area contributed by atoms with Gasteiger partial charge in [0.15, 0.2) is 0 Å². The van der Waals surface area contributed by atoms with Crippen molar-refractivity contribution in [3.8, 4) is 5.75 Å². The number of nitrogens with zero attached hydrogens (tertiary/aromatic N) is 3. The minimum absolute atomic E-state index is 0.107. The molecule has 2 saturated heterocycles. The van der Waals surface area contributed by atoms with Gasteiger partial charge in [0.05, 0.1) is 12.8 Å². The molecule has 2 aromatic carbocycles. The number of amides is 4. The number of benzene rings is 2. The Morgan fingerprint density at radius 2 is 1.70 bits per heavy atom. The average Bonchev–Trinajstić information content (AvgIpc) is 3.15. The summed E-state index contributed by atoms with van der Waals surface area (Å²) < 4.78 is 5.30. The van der Waals surface area contributed by atoms with Crippen molar-refractivity contribution in [3.05, 3.63) is 60.2 Å². The SMILES string of the molecule is COc1ccccc1NC(=O)N1CCC(N2CCN(Cc3ccccc3)C2=O)CC1. The molecule has 2 heterocycles. The molecule has 4 rings (SSSR count). The minimum atomic E-state index is -0.128. The fraction of sp³-hybridized carbons (Fsp3) is 0.391. The van der Waals surface area contributed by atoms with Gasteiger partial charge in [0.2, 0.25) is 0 Å². The number of carbonyl (C=O) groups excluding carboxylic acids is 2. The lowest BCUT2D eigenvalue weighted by Crippen LogP contribution is -2.49. The molecule has 7 nitrogen and oxygen atoms in total. The molecule has 0 bridgehead atoms. The van der Waals surface area contributed by atoms with Crippen molar-refractivity contribution in [3.63, 3.8) is 0 Å². The molecule has 2 fully saturated rings. The first kappa shape index (κ1) is 20.1. The van der Waals surface area contributed by atoms with Gasteiger partial charge in [0, 0.05) is 38.8 Å². The van der Waals surface area contributed by atoms with Gasteiger partial charge in [-0.15, -0.1) is 0 Å².